The van der Waals surface area contributed by atoms with E-state index in [0.717, 1.165) is 17.7 Å². The summed E-state index contributed by atoms with van der Waals surface area (Å²) in [6, 6.07) is 16.9. The fourth-order valence-electron chi connectivity index (χ4n) is 2.29. The van der Waals surface area contributed by atoms with Gasteiger partial charge in [-0.25, -0.2) is 4.79 Å². The van der Waals surface area contributed by atoms with Crippen LogP contribution < -0.4 is 10.6 Å². The highest BCUT2D eigenvalue weighted by atomic mass is 35.5. The van der Waals surface area contributed by atoms with E-state index >= 15 is 0 Å². The van der Waals surface area contributed by atoms with Gasteiger partial charge in [0.1, 0.15) is 0 Å². The Balaban J connectivity index is 2.03. The Morgan fingerprint density at radius 1 is 1.05 bits per heavy atom. The quantitative estimate of drug-likeness (QED) is 0.777. The lowest BCUT2D eigenvalue weighted by Gasteiger charge is -2.21. The van der Waals surface area contributed by atoms with Crippen LogP contribution in [0, 0.1) is 5.92 Å². The molecule has 0 radical (unpaired) electrons. The Morgan fingerprint density at radius 2 is 1.68 bits per heavy atom. The molecule has 0 heterocycles. The minimum absolute atomic E-state index is 0.00602. The number of amides is 2. The van der Waals surface area contributed by atoms with Crippen molar-refractivity contribution in [2.75, 3.05) is 5.32 Å². The number of rotatable bonds is 5. The van der Waals surface area contributed by atoms with E-state index in [9.17, 15) is 4.79 Å². The van der Waals surface area contributed by atoms with Crippen molar-refractivity contribution in [2.45, 2.75) is 26.3 Å². The number of halogens is 1. The van der Waals surface area contributed by atoms with Crippen LogP contribution in [0.25, 0.3) is 0 Å². The van der Waals surface area contributed by atoms with Gasteiger partial charge < -0.3 is 10.6 Å². The molecule has 4 heteroatoms. The molecule has 0 bridgehead atoms. The summed E-state index contributed by atoms with van der Waals surface area (Å²) >= 11 is 5.84. The minimum Gasteiger partial charge on any atom is -0.331 e. The van der Waals surface area contributed by atoms with E-state index in [-0.39, 0.29) is 12.1 Å². The lowest BCUT2D eigenvalue weighted by Crippen LogP contribution is -2.33. The molecule has 0 fully saturated rings. The predicted octanol–water partition coefficient (Wildman–Crippen LogP) is 5.25. The third kappa shape index (κ3) is 5.08. The highest BCUT2D eigenvalue weighted by Gasteiger charge is 2.15. The number of hydrogen-bond acceptors (Lipinski definition) is 1. The first-order valence-corrected chi connectivity index (χ1v) is 7.80. The van der Waals surface area contributed by atoms with Gasteiger partial charge in [0.05, 0.1) is 6.04 Å². The number of anilines is 1. The van der Waals surface area contributed by atoms with E-state index in [2.05, 4.69) is 24.5 Å². The van der Waals surface area contributed by atoms with Crippen molar-refractivity contribution in [1.29, 1.82) is 0 Å². The van der Waals surface area contributed by atoms with Crippen molar-refractivity contribution in [3.05, 3.63) is 65.2 Å². The van der Waals surface area contributed by atoms with Crippen LogP contribution in [0.3, 0.4) is 0 Å². The van der Waals surface area contributed by atoms with Gasteiger partial charge in [-0.1, -0.05) is 55.8 Å². The lowest BCUT2D eigenvalue weighted by atomic mass is 9.97. The van der Waals surface area contributed by atoms with Crippen molar-refractivity contribution < 1.29 is 4.79 Å². The van der Waals surface area contributed by atoms with Crippen LogP contribution in [0.2, 0.25) is 5.02 Å². The normalized spacial score (nSPS) is 12.0. The molecule has 0 aromatic heterocycles. The van der Waals surface area contributed by atoms with Crippen LogP contribution in [-0.2, 0) is 0 Å². The number of carbonyl (C=O) groups excluding carboxylic acids is 1. The monoisotopic (exact) mass is 316 g/mol. The summed E-state index contributed by atoms with van der Waals surface area (Å²) in [6.45, 7) is 4.30. The summed E-state index contributed by atoms with van der Waals surface area (Å²) in [5.74, 6) is 0.487. The zero-order chi connectivity index (χ0) is 15.9. The molecule has 0 saturated carbocycles. The summed E-state index contributed by atoms with van der Waals surface area (Å²) in [5.41, 5.74) is 1.83. The minimum atomic E-state index is -0.211. The van der Waals surface area contributed by atoms with E-state index in [1.54, 1.807) is 24.3 Å². The SMILES string of the molecule is CC(C)C[C@@H](NC(=O)Nc1ccc(Cl)cc1)c1ccccc1. The summed E-state index contributed by atoms with van der Waals surface area (Å²) in [7, 11) is 0. The van der Waals surface area contributed by atoms with Crippen LogP contribution in [0.5, 0.6) is 0 Å². The zero-order valence-electron chi connectivity index (χ0n) is 12.8. The third-order valence-corrected chi connectivity index (χ3v) is 3.57. The topological polar surface area (TPSA) is 41.1 Å². The average Bonchev–Trinajstić information content (AvgIpc) is 2.49. The highest BCUT2D eigenvalue weighted by Crippen LogP contribution is 2.21. The summed E-state index contributed by atoms with van der Waals surface area (Å²) < 4.78 is 0. The molecular formula is C18H21ClN2O. The molecule has 2 N–H and O–H groups in total. The van der Waals surface area contributed by atoms with Crippen LogP contribution >= 0.6 is 11.6 Å². The zero-order valence-corrected chi connectivity index (χ0v) is 13.6. The number of hydrogen-bond donors (Lipinski definition) is 2. The first kappa shape index (κ1) is 16.4. The van der Waals surface area contributed by atoms with Crippen molar-refractivity contribution >= 4 is 23.3 Å². The van der Waals surface area contributed by atoms with Crippen LogP contribution in [0.4, 0.5) is 10.5 Å². The largest absolute Gasteiger partial charge is 0.331 e. The van der Waals surface area contributed by atoms with Gasteiger partial charge in [0.15, 0.2) is 0 Å². The van der Waals surface area contributed by atoms with Gasteiger partial charge in [0.2, 0.25) is 0 Å². The molecule has 2 aromatic carbocycles. The second kappa shape index (κ2) is 7.85. The van der Waals surface area contributed by atoms with E-state index in [0.29, 0.717) is 10.9 Å². The maximum atomic E-state index is 12.2. The summed E-state index contributed by atoms with van der Waals surface area (Å²) in [5, 5.41) is 6.52. The van der Waals surface area contributed by atoms with Crippen molar-refractivity contribution in [1.82, 2.24) is 5.32 Å². The number of carbonyl (C=O) groups is 1. The van der Waals surface area contributed by atoms with Gasteiger partial charge >= 0.3 is 6.03 Å². The van der Waals surface area contributed by atoms with Crippen molar-refractivity contribution in [3.8, 4) is 0 Å². The van der Waals surface area contributed by atoms with Gasteiger partial charge in [0, 0.05) is 10.7 Å². The van der Waals surface area contributed by atoms with Crippen LogP contribution in [0.15, 0.2) is 54.6 Å². The molecule has 1 atom stereocenters. The molecule has 0 spiro atoms. The molecule has 22 heavy (non-hydrogen) atoms. The maximum Gasteiger partial charge on any atom is 0.319 e. The second-order valence-electron chi connectivity index (χ2n) is 5.70. The number of urea groups is 1. The standard InChI is InChI=1S/C18H21ClN2O/c1-13(2)12-17(14-6-4-3-5-7-14)21-18(22)20-16-10-8-15(19)9-11-16/h3-11,13,17H,12H2,1-2H3,(H2,20,21,22)/t17-/m1/s1. The molecule has 0 aliphatic heterocycles. The van der Waals surface area contributed by atoms with E-state index in [1.807, 2.05) is 30.3 Å². The Morgan fingerprint density at radius 3 is 2.27 bits per heavy atom. The molecule has 0 saturated heterocycles. The van der Waals surface area contributed by atoms with Crippen molar-refractivity contribution in [2.24, 2.45) is 5.92 Å². The summed E-state index contributed by atoms with van der Waals surface area (Å²) in [4.78, 5) is 12.2. The van der Waals surface area contributed by atoms with Crippen molar-refractivity contribution in [3.63, 3.8) is 0 Å². The van der Waals surface area contributed by atoms with Crippen LogP contribution in [0.1, 0.15) is 31.9 Å². The Labute approximate surface area is 136 Å². The fourth-order valence-corrected chi connectivity index (χ4v) is 2.42. The maximum absolute atomic E-state index is 12.2. The molecule has 0 unspecified atom stereocenters. The Hall–Kier alpha value is -2.00. The first-order valence-electron chi connectivity index (χ1n) is 7.42. The molecule has 116 valence electrons. The van der Waals surface area contributed by atoms with E-state index < -0.39 is 0 Å². The van der Waals surface area contributed by atoms with Gasteiger partial charge in [0.25, 0.3) is 0 Å². The molecule has 2 rings (SSSR count). The van der Waals surface area contributed by atoms with Gasteiger partial charge in [-0.05, 0) is 42.2 Å². The fraction of sp³-hybridized carbons (Fsp3) is 0.278. The van der Waals surface area contributed by atoms with E-state index in [4.69, 9.17) is 11.6 Å². The number of nitrogens with one attached hydrogen (secondary N) is 2. The third-order valence-electron chi connectivity index (χ3n) is 3.32. The molecule has 0 aliphatic rings. The first-order chi connectivity index (χ1) is 10.5. The lowest BCUT2D eigenvalue weighted by molar-refractivity contribution is 0.246. The Bertz CT molecular complexity index is 596. The van der Waals surface area contributed by atoms with Gasteiger partial charge in [-0.2, -0.15) is 0 Å². The predicted molar refractivity (Wildman–Crippen MR) is 92.2 cm³/mol. The number of benzene rings is 2. The molecule has 2 amide bonds. The van der Waals surface area contributed by atoms with Gasteiger partial charge in [-0.15, -0.1) is 0 Å². The average molecular weight is 317 g/mol. The van der Waals surface area contributed by atoms with Gasteiger partial charge in [-0.3, -0.25) is 0 Å². The molecule has 3 nitrogen and oxygen atoms in total. The smallest absolute Gasteiger partial charge is 0.319 e. The van der Waals surface area contributed by atoms with E-state index in [1.165, 1.54) is 0 Å². The summed E-state index contributed by atoms with van der Waals surface area (Å²) in [6.07, 6.45) is 0.887. The highest BCUT2D eigenvalue weighted by molar-refractivity contribution is 6.30. The Kier molecular flexibility index (Phi) is 5.84. The molecule has 0 aliphatic carbocycles. The second-order valence-corrected chi connectivity index (χ2v) is 6.13. The molecule has 2 aromatic rings. The molecular weight excluding hydrogens is 296 g/mol. The van der Waals surface area contributed by atoms with Crippen LogP contribution in [-0.4, -0.2) is 6.03 Å².